The lowest BCUT2D eigenvalue weighted by Crippen LogP contribution is -2.50. The predicted octanol–water partition coefficient (Wildman–Crippen LogP) is 0.875. The van der Waals surface area contributed by atoms with Gasteiger partial charge >= 0.3 is 0 Å². The monoisotopic (exact) mass is 293 g/mol. The molecule has 3 rings (SSSR count). The molecule has 0 unspecified atom stereocenters. The Bertz CT molecular complexity index is 571. The lowest BCUT2D eigenvalue weighted by atomic mass is 9.67. The smallest absolute Gasteiger partial charge is 0.195 e. The number of nitrogens with one attached hydrogen (secondary N) is 1. The van der Waals surface area contributed by atoms with Crippen LogP contribution >= 0.6 is 0 Å². The van der Waals surface area contributed by atoms with Crippen LogP contribution in [0.1, 0.15) is 33.6 Å². The summed E-state index contributed by atoms with van der Waals surface area (Å²) in [6.45, 7) is 5.83. The third kappa shape index (κ3) is 1.69. The van der Waals surface area contributed by atoms with Gasteiger partial charge in [0.1, 0.15) is 5.60 Å². The van der Waals surface area contributed by atoms with E-state index in [0.717, 1.165) is 18.4 Å². The van der Waals surface area contributed by atoms with E-state index in [1.165, 1.54) is 7.11 Å². The van der Waals surface area contributed by atoms with Gasteiger partial charge < -0.3 is 15.1 Å². The second-order valence-corrected chi connectivity index (χ2v) is 7.01. The molecule has 0 radical (unpaired) electrons. The third-order valence-corrected chi connectivity index (χ3v) is 5.75. The van der Waals surface area contributed by atoms with E-state index >= 15 is 0 Å². The number of Topliss-reactive ketones (excluding diaryl/α,β-unsaturated/α-hetero) is 1. The van der Waals surface area contributed by atoms with E-state index < -0.39 is 22.5 Å². The number of hydrogen-bond donors (Lipinski definition) is 3. The van der Waals surface area contributed by atoms with Gasteiger partial charge in [-0.15, -0.1) is 0 Å². The Kier molecular flexibility index (Phi) is 3.02. The summed E-state index contributed by atoms with van der Waals surface area (Å²) in [5.41, 5.74) is 2.45. The summed E-state index contributed by atoms with van der Waals surface area (Å²) in [5, 5.41) is 21.5. The number of hydrogen-bond acceptors (Lipinski definition) is 5. The van der Waals surface area contributed by atoms with E-state index in [1.807, 2.05) is 13.8 Å². The Morgan fingerprint density at radius 3 is 2.57 bits per heavy atom. The summed E-state index contributed by atoms with van der Waals surface area (Å²) < 4.78 is 0. The van der Waals surface area contributed by atoms with Gasteiger partial charge in [0, 0.05) is 22.9 Å². The highest BCUT2D eigenvalue weighted by molar-refractivity contribution is 6.09. The van der Waals surface area contributed by atoms with Crippen molar-refractivity contribution in [3.63, 3.8) is 0 Å². The molecular formula is C16H23NO4. The van der Waals surface area contributed by atoms with Crippen LogP contribution in [0.5, 0.6) is 0 Å². The molecule has 3 aliphatic rings. The largest absolute Gasteiger partial charge is 0.387 e. The lowest BCUT2D eigenvalue weighted by Gasteiger charge is -2.39. The molecule has 3 aliphatic carbocycles. The molecule has 5 nitrogen and oxygen atoms in total. The molecule has 3 N–H and O–H groups in total. The minimum Gasteiger partial charge on any atom is -0.387 e. The average Bonchev–Trinajstić information content (AvgIpc) is 3.19. The van der Waals surface area contributed by atoms with Gasteiger partial charge in [-0.25, -0.2) is 5.48 Å². The fourth-order valence-corrected chi connectivity index (χ4v) is 4.02. The SMILES string of the molecule is CONC[C@]1(C)C=C2C(=O)[C@](C)(O)C3(CC3)C(C)=C2[C@H]1O. The molecule has 5 heteroatoms. The molecular weight excluding hydrogens is 270 g/mol. The quantitative estimate of drug-likeness (QED) is 0.673. The van der Waals surface area contributed by atoms with Crippen molar-refractivity contribution in [2.45, 2.75) is 45.3 Å². The van der Waals surface area contributed by atoms with Gasteiger partial charge in [0.05, 0.1) is 13.2 Å². The van der Waals surface area contributed by atoms with Crippen LogP contribution in [0.2, 0.25) is 0 Å². The van der Waals surface area contributed by atoms with E-state index in [2.05, 4.69) is 5.48 Å². The second-order valence-electron chi connectivity index (χ2n) is 7.01. The van der Waals surface area contributed by atoms with Crippen molar-refractivity contribution in [1.82, 2.24) is 5.48 Å². The molecule has 0 amide bonds. The Balaban J connectivity index is 2.11. The number of ketones is 1. The van der Waals surface area contributed by atoms with Crippen LogP contribution in [0.15, 0.2) is 22.8 Å². The molecule has 21 heavy (non-hydrogen) atoms. The van der Waals surface area contributed by atoms with Crippen molar-refractivity contribution in [2.24, 2.45) is 10.8 Å². The first kappa shape index (κ1) is 14.9. The second kappa shape index (κ2) is 4.26. The maximum atomic E-state index is 12.7. The first-order chi connectivity index (χ1) is 9.71. The molecule has 0 heterocycles. The summed E-state index contributed by atoms with van der Waals surface area (Å²) >= 11 is 0. The lowest BCUT2D eigenvalue weighted by molar-refractivity contribution is -0.138. The maximum absolute atomic E-state index is 12.7. The van der Waals surface area contributed by atoms with Crippen molar-refractivity contribution in [2.75, 3.05) is 13.7 Å². The van der Waals surface area contributed by atoms with Crippen molar-refractivity contribution >= 4 is 5.78 Å². The minimum atomic E-state index is -1.37. The van der Waals surface area contributed by atoms with Gasteiger partial charge in [-0.3, -0.25) is 4.79 Å². The fourth-order valence-electron chi connectivity index (χ4n) is 4.02. The van der Waals surface area contributed by atoms with E-state index in [1.54, 1.807) is 13.0 Å². The molecule has 0 aromatic rings. The number of aliphatic hydroxyl groups excluding tert-OH is 1. The Morgan fingerprint density at radius 1 is 1.43 bits per heavy atom. The number of carbonyl (C=O) groups excluding carboxylic acids is 1. The summed E-state index contributed by atoms with van der Waals surface area (Å²) in [7, 11) is 1.52. The summed E-state index contributed by atoms with van der Waals surface area (Å²) in [6.07, 6.45) is 2.63. The summed E-state index contributed by atoms with van der Waals surface area (Å²) in [4.78, 5) is 17.6. The fraction of sp³-hybridized carbons (Fsp3) is 0.688. The number of aliphatic hydroxyl groups is 2. The first-order valence-corrected chi connectivity index (χ1v) is 7.37. The topological polar surface area (TPSA) is 78.8 Å². The van der Waals surface area contributed by atoms with Gasteiger partial charge in [0.25, 0.3) is 0 Å². The van der Waals surface area contributed by atoms with E-state index in [-0.39, 0.29) is 5.78 Å². The van der Waals surface area contributed by atoms with Crippen LogP contribution in [0, 0.1) is 10.8 Å². The van der Waals surface area contributed by atoms with Crippen LogP contribution < -0.4 is 5.48 Å². The molecule has 116 valence electrons. The van der Waals surface area contributed by atoms with Gasteiger partial charge in [-0.1, -0.05) is 18.6 Å². The van der Waals surface area contributed by atoms with Gasteiger partial charge in [-0.05, 0) is 32.3 Å². The Morgan fingerprint density at radius 2 is 2.05 bits per heavy atom. The van der Waals surface area contributed by atoms with Crippen LogP contribution in [0.4, 0.5) is 0 Å². The van der Waals surface area contributed by atoms with Crippen molar-refractivity contribution < 1.29 is 19.8 Å². The van der Waals surface area contributed by atoms with E-state index in [4.69, 9.17) is 4.84 Å². The van der Waals surface area contributed by atoms with Crippen LogP contribution in [0.25, 0.3) is 0 Å². The van der Waals surface area contributed by atoms with Gasteiger partial charge in [0.15, 0.2) is 5.78 Å². The number of hydroxylamine groups is 1. The highest BCUT2D eigenvalue weighted by Crippen LogP contribution is 2.65. The molecule has 0 aromatic heterocycles. The maximum Gasteiger partial charge on any atom is 0.195 e. The molecule has 1 spiro atoms. The number of fused-ring (bicyclic) bond motifs is 1. The number of carbonyl (C=O) groups is 1. The molecule has 0 bridgehead atoms. The Labute approximate surface area is 124 Å². The Hall–Kier alpha value is -1.01. The zero-order valence-corrected chi connectivity index (χ0v) is 13.0. The predicted molar refractivity (Wildman–Crippen MR) is 77.2 cm³/mol. The molecule has 0 saturated heterocycles. The van der Waals surface area contributed by atoms with Gasteiger partial charge in [0.2, 0.25) is 0 Å². The van der Waals surface area contributed by atoms with Crippen molar-refractivity contribution in [1.29, 1.82) is 0 Å². The van der Waals surface area contributed by atoms with Crippen LogP contribution in [-0.4, -0.2) is 41.4 Å². The van der Waals surface area contributed by atoms with Crippen molar-refractivity contribution in [3.8, 4) is 0 Å². The van der Waals surface area contributed by atoms with Gasteiger partial charge in [-0.2, -0.15) is 0 Å². The normalized spacial score (nSPS) is 40.6. The molecule has 0 aromatic carbocycles. The highest BCUT2D eigenvalue weighted by atomic mass is 16.6. The number of rotatable bonds is 3. The molecule has 0 aliphatic heterocycles. The van der Waals surface area contributed by atoms with Crippen LogP contribution in [0.3, 0.4) is 0 Å². The van der Waals surface area contributed by atoms with E-state index in [0.29, 0.717) is 17.7 Å². The standard InChI is InChI=1S/C16H23NO4/c1-9-11-10(7-14(2,13(11)19)8-17-21-4)12(18)15(3,20)16(9)5-6-16/h7,13,17,19-20H,5-6,8H2,1-4H3/t13-,14+,15+/m1/s1. The minimum absolute atomic E-state index is 0.263. The van der Waals surface area contributed by atoms with E-state index in [9.17, 15) is 15.0 Å². The van der Waals surface area contributed by atoms with Crippen molar-refractivity contribution in [3.05, 3.63) is 22.8 Å². The van der Waals surface area contributed by atoms with Crippen LogP contribution in [-0.2, 0) is 9.63 Å². The zero-order valence-electron chi connectivity index (χ0n) is 13.0. The highest BCUT2D eigenvalue weighted by Gasteiger charge is 2.66. The summed E-state index contributed by atoms with van der Waals surface area (Å²) in [5.74, 6) is -0.263. The molecule has 3 atom stereocenters. The summed E-state index contributed by atoms with van der Waals surface area (Å²) in [6, 6.07) is 0. The molecule has 1 saturated carbocycles. The first-order valence-electron chi connectivity index (χ1n) is 7.37. The molecule has 1 fully saturated rings. The average molecular weight is 293 g/mol. The zero-order chi connectivity index (χ0) is 15.6. The third-order valence-electron chi connectivity index (χ3n) is 5.75.